The molecule has 1 aromatic rings. The lowest BCUT2D eigenvalue weighted by Crippen LogP contribution is -2.32. The maximum absolute atomic E-state index is 12.0. The molecule has 19 heavy (non-hydrogen) atoms. The average Bonchev–Trinajstić information content (AvgIpc) is 2.37. The van der Waals surface area contributed by atoms with Crippen LogP contribution in [0.4, 0.5) is 5.69 Å². The molecule has 0 aliphatic heterocycles. The van der Waals surface area contributed by atoms with Crippen molar-refractivity contribution in [1.82, 2.24) is 5.32 Å². The fraction of sp³-hybridized carbons (Fsp3) is 0.562. The molecule has 0 saturated heterocycles. The van der Waals surface area contributed by atoms with E-state index < -0.39 is 0 Å². The Kier molecular flexibility index (Phi) is 6.40. The maximum Gasteiger partial charge on any atom is 0.251 e. The van der Waals surface area contributed by atoms with Crippen molar-refractivity contribution in [3.63, 3.8) is 0 Å². The Morgan fingerprint density at radius 2 is 1.74 bits per heavy atom. The number of rotatable bonds is 7. The van der Waals surface area contributed by atoms with E-state index in [-0.39, 0.29) is 11.9 Å². The second-order valence-electron chi connectivity index (χ2n) is 5.45. The standard InChI is InChI=1S/C16H26N2O/c1-5-17-15-10-8-14(9-11-15)16(19)18-13(4)7-6-12(2)3/h8-13,17H,5-7H2,1-4H3,(H,18,19). The van der Waals surface area contributed by atoms with Gasteiger partial charge in [0, 0.05) is 23.8 Å². The number of amides is 1. The number of nitrogens with one attached hydrogen (secondary N) is 2. The van der Waals surface area contributed by atoms with Crippen molar-refractivity contribution in [1.29, 1.82) is 0 Å². The molecular formula is C16H26N2O. The van der Waals surface area contributed by atoms with Crippen molar-refractivity contribution in [2.24, 2.45) is 5.92 Å². The van der Waals surface area contributed by atoms with Crippen molar-refractivity contribution in [3.05, 3.63) is 29.8 Å². The van der Waals surface area contributed by atoms with E-state index in [1.807, 2.05) is 24.3 Å². The Labute approximate surface area is 116 Å². The van der Waals surface area contributed by atoms with Crippen LogP contribution < -0.4 is 10.6 Å². The first-order chi connectivity index (χ1) is 9.02. The maximum atomic E-state index is 12.0. The first kappa shape index (κ1) is 15.5. The number of hydrogen-bond acceptors (Lipinski definition) is 2. The number of benzene rings is 1. The lowest BCUT2D eigenvalue weighted by Gasteiger charge is -2.15. The van der Waals surface area contributed by atoms with Crippen molar-refractivity contribution in [3.8, 4) is 0 Å². The van der Waals surface area contributed by atoms with E-state index >= 15 is 0 Å². The van der Waals surface area contributed by atoms with Gasteiger partial charge in [-0.25, -0.2) is 0 Å². The highest BCUT2D eigenvalue weighted by Gasteiger charge is 2.10. The van der Waals surface area contributed by atoms with Crippen LogP contribution in [0.3, 0.4) is 0 Å². The number of carbonyl (C=O) groups is 1. The van der Waals surface area contributed by atoms with Crippen LogP contribution in [-0.4, -0.2) is 18.5 Å². The molecule has 0 radical (unpaired) electrons. The molecule has 0 spiro atoms. The summed E-state index contributed by atoms with van der Waals surface area (Å²) < 4.78 is 0. The summed E-state index contributed by atoms with van der Waals surface area (Å²) in [5.41, 5.74) is 1.77. The van der Waals surface area contributed by atoms with Gasteiger partial charge in [0.1, 0.15) is 0 Å². The zero-order valence-electron chi connectivity index (χ0n) is 12.5. The molecule has 0 aliphatic rings. The van der Waals surface area contributed by atoms with Crippen LogP contribution in [0, 0.1) is 5.92 Å². The van der Waals surface area contributed by atoms with E-state index in [9.17, 15) is 4.79 Å². The summed E-state index contributed by atoms with van der Waals surface area (Å²) in [5.74, 6) is 0.693. The SMILES string of the molecule is CCNc1ccc(C(=O)NC(C)CCC(C)C)cc1. The lowest BCUT2D eigenvalue weighted by atomic mass is 10.0. The van der Waals surface area contributed by atoms with E-state index in [0.717, 1.165) is 30.6 Å². The molecular weight excluding hydrogens is 236 g/mol. The van der Waals surface area contributed by atoms with Gasteiger partial charge in [0.15, 0.2) is 0 Å². The molecule has 0 saturated carbocycles. The van der Waals surface area contributed by atoms with Crippen molar-refractivity contribution >= 4 is 11.6 Å². The monoisotopic (exact) mass is 262 g/mol. The predicted octanol–water partition coefficient (Wildman–Crippen LogP) is 3.67. The Balaban J connectivity index is 2.48. The summed E-state index contributed by atoms with van der Waals surface area (Å²) >= 11 is 0. The largest absolute Gasteiger partial charge is 0.385 e. The smallest absolute Gasteiger partial charge is 0.251 e. The molecule has 0 fully saturated rings. The zero-order valence-corrected chi connectivity index (χ0v) is 12.5. The summed E-state index contributed by atoms with van der Waals surface area (Å²) in [6.07, 6.45) is 2.17. The molecule has 3 nitrogen and oxygen atoms in total. The highest BCUT2D eigenvalue weighted by molar-refractivity contribution is 5.94. The van der Waals surface area contributed by atoms with Crippen LogP contribution in [0.1, 0.15) is 50.9 Å². The minimum Gasteiger partial charge on any atom is -0.385 e. The van der Waals surface area contributed by atoms with Gasteiger partial charge in [-0.3, -0.25) is 4.79 Å². The average molecular weight is 262 g/mol. The minimum atomic E-state index is 0.0132. The fourth-order valence-electron chi connectivity index (χ4n) is 1.91. The molecule has 106 valence electrons. The van der Waals surface area contributed by atoms with Crippen LogP contribution in [0.15, 0.2) is 24.3 Å². The molecule has 0 aromatic heterocycles. The van der Waals surface area contributed by atoms with Gasteiger partial charge in [-0.1, -0.05) is 13.8 Å². The van der Waals surface area contributed by atoms with Crippen LogP contribution in [0.2, 0.25) is 0 Å². The second kappa shape index (κ2) is 7.82. The van der Waals surface area contributed by atoms with Gasteiger partial charge in [0.05, 0.1) is 0 Å². The van der Waals surface area contributed by atoms with Crippen LogP contribution >= 0.6 is 0 Å². The third-order valence-corrected chi connectivity index (χ3v) is 3.08. The molecule has 2 N–H and O–H groups in total. The summed E-state index contributed by atoms with van der Waals surface area (Å²) in [5, 5.41) is 6.26. The van der Waals surface area contributed by atoms with E-state index in [4.69, 9.17) is 0 Å². The molecule has 1 rings (SSSR count). The highest BCUT2D eigenvalue weighted by Crippen LogP contribution is 2.10. The van der Waals surface area contributed by atoms with Gasteiger partial charge in [-0.05, 0) is 56.9 Å². The third-order valence-electron chi connectivity index (χ3n) is 3.08. The number of anilines is 1. The lowest BCUT2D eigenvalue weighted by molar-refractivity contribution is 0.0937. The molecule has 1 amide bonds. The Bertz CT molecular complexity index is 384. The van der Waals surface area contributed by atoms with Crippen LogP contribution in [0.25, 0.3) is 0 Å². The molecule has 0 heterocycles. The van der Waals surface area contributed by atoms with Crippen LogP contribution in [0.5, 0.6) is 0 Å². The van der Waals surface area contributed by atoms with Crippen molar-refractivity contribution in [2.45, 2.75) is 46.6 Å². The summed E-state index contributed by atoms with van der Waals surface area (Å²) in [6.45, 7) is 9.41. The van der Waals surface area contributed by atoms with E-state index in [0.29, 0.717) is 5.92 Å². The molecule has 1 aromatic carbocycles. The van der Waals surface area contributed by atoms with Crippen molar-refractivity contribution < 1.29 is 4.79 Å². The molecule has 1 atom stereocenters. The van der Waals surface area contributed by atoms with E-state index in [1.54, 1.807) is 0 Å². The molecule has 3 heteroatoms. The van der Waals surface area contributed by atoms with Crippen LogP contribution in [-0.2, 0) is 0 Å². The Morgan fingerprint density at radius 3 is 2.26 bits per heavy atom. The Morgan fingerprint density at radius 1 is 1.11 bits per heavy atom. The molecule has 0 aliphatic carbocycles. The van der Waals surface area contributed by atoms with Gasteiger partial charge >= 0.3 is 0 Å². The molecule has 0 bridgehead atoms. The number of carbonyl (C=O) groups excluding carboxylic acids is 1. The first-order valence-electron chi connectivity index (χ1n) is 7.17. The van der Waals surface area contributed by atoms with Gasteiger partial charge in [0.2, 0.25) is 0 Å². The topological polar surface area (TPSA) is 41.1 Å². The quantitative estimate of drug-likeness (QED) is 0.787. The van der Waals surface area contributed by atoms with Gasteiger partial charge in [0.25, 0.3) is 5.91 Å². The summed E-state index contributed by atoms with van der Waals surface area (Å²) in [7, 11) is 0. The fourth-order valence-corrected chi connectivity index (χ4v) is 1.91. The number of hydrogen-bond donors (Lipinski definition) is 2. The first-order valence-corrected chi connectivity index (χ1v) is 7.17. The van der Waals surface area contributed by atoms with E-state index in [1.165, 1.54) is 0 Å². The predicted molar refractivity (Wildman–Crippen MR) is 81.6 cm³/mol. The normalized spacial score (nSPS) is 12.3. The minimum absolute atomic E-state index is 0.0132. The third kappa shape index (κ3) is 5.77. The Hall–Kier alpha value is -1.51. The van der Waals surface area contributed by atoms with E-state index in [2.05, 4.69) is 38.3 Å². The van der Waals surface area contributed by atoms with Gasteiger partial charge < -0.3 is 10.6 Å². The van der Waals surface area contributed by atoms with Gasteiger partial charge in [-0.2, -0.15) is 0 Å². The summed E-state index contributed by atoms with van der Waals surface area (Å²) in [4.78, 5) is 12.0. The second-order valence-corrected chi connectivity index (χ2v) is 5.45. The highest BCUT2D eigenvalue weighted by atomic mass is 16.1. The van der Waals surface area contributed by atoms with Crippen molar-refractivity contribution in [2.75, 3.05) is 11.9 Å². The summed E-state index contributed by atoms with van der Waals surface area (Å²) in [6, 6.07) is 7.84. The zero-order chi connectivity index (χ0) is 14.3. The van der Waals surface area contributed by atoms with Gasteiger partial charge in [-0.15, -0.1) is 0 Å². The molecule has 1 unspecified atom stereocenters.